The number of Topliss-reactive ketones (excluding diaryl/α,β-unsaturated/α-hetero) is 1. The van der Waals surface area contributed by atoms with Crippen LogP contribution in [0.3, 0.4) is 0 Å². The molecule has 0 aliphatic carbocycles. The van der Waals surface area contributed by atoms with E-state index < -0.39 is 12.0 Å². The first kappa shape index (κ1) is 14.6. The Kier molecular flexibility index (Phi) is 5.71. The quantitative estimate of drug-likeness (QED) is 0.706. The third-order valence-corrected chi connectivity index (χ3v) is 2.19. The summed E-state index contributed by atoms with van der Waals surface area (Å²) in [5, 5.41) is 11.2. The van der Waals surface area contributed by atoms with Crippen molar-refractivity contribution < 1.29 is 19.5 Å². The molecule has 16 heavy (non-hydrogen) atoms. The first-order valence-corrected chi connectivity index (χ1v) is 5.31. The van der Waals surface area contributed by atoms with Crippen LogP contribution in [0.15, 0.2) is 0 Å². The molecule has 0 bridgehead atoms. The van der Waals surface area contributed by atoms with Crippen LogP contribution in [0, 0.1) is 11.8 Å². The Morgan fingerprint density at radius 2 is 1.56 bits per heavy atom. The van der Waals surface area contributed by atoms with Gasteiger partial charge in [0.1, 0.15) is 11.8 Å². The standard InChI is InChI=1S/C11H19NO4/c1-6(2)9(13)5-8(11(15)16)12-10(14)7(3)4/h6-8H,5H2,1-4H3,(H,12,14)(H,15,16). The van der Waals surface area contributed by atoms with Crippen molar-refractivity contribution in [3.63, 3.8) is 0 Å². The number of amides is 1. The zero-order chi connectivity index (χ0) is 12.9. The highest BCUT2D eigenvalue weighted by molar-refractivity contribution is 5.90. The molecule has 5 nitrogen and oxygen atoms in total. The Balaban J connectivity index is 4.46. The van der Waals surface area contributed by atoms with Gasteiger partial charge in [-0.1, -0.05) is 27.7 Å². The molecule has 0 fully saturated rings. The summed E-state index contributed by atoms with van der Waals surface area (Å²) in [7, 11) is 0. The van der Waals surface area contributed by atoms with E-state index in [1.165, 1.54) is 0 Å². The second-order valence-electron chi connectivity index (χ2n) is 4.38. The highest BCUT2D eigenvalue weighted by Gasteiger charge is 2.25. The lowest BCUT2D eigenvalue weighted by Crippen LogP contribution is -2.44. The number of carboxylic acid groups (broad SMARTS) is 1. The molecule has 2 N–H and O–H groups in total. The summed E-state index contributed by atoms with van der Waals surface area (Å²) in [5.74, 6) is -2.22. The largest absolute Gasteiger partial charge is 0.480 e. The molecule has 0 radical (unpaired) electrons. The number of ketones is 1. The van der Waals surface area contributed by atoms with E-state index in [2.05, 4.69) is 5.32 Å². The molecule has 0 aromatic carbocycles. The summed E-state index contributed by atoms with van der Waals surface area (Å²) in [6.45, 7) is 6.73. The second kappa shape index (κ2) is 6.25. The van der Waals surface area contributed by atoms with Crippen molar-refractivity contribution in [2.45, 2.75) is 40.2 Å². The van der Waals surface area contributed by atoms with E-state index in [4.69, 9.17) is 5.11 Å². The Morgan fingerprint density at radius 3 is 1.88 bits per heavy atom. The monoisotopic (exact) mass is 229 g/mol. The minimum Gasteiger partial charge on any atom is -0.480 e. The summed E-state index contributed by atoms with van der Waals surface area (Å²) >= 11 is 0. The summed E-state index contributed by atoms with van der Waals surface area (Å²) in [6, 6.07) is -1.12. The molecule has 92 valence electrons. The first-order chi connectivity index (χ1) is 7.25. The van der Waals surface area contributed by atoms with Gasteiger partial charge in [0.2, 0.25) is 5.91 Å². The van der Waals surface area contributed by atoms with Crippen molar-refractivity contribution in [1.82, 2.24) is 5.32 Å². The van der Waals surface area contributed by atoms with Gasteiger partial charge in [-0.05, 0) is 0 Å². The van der Waals surface area contributed by atoms with Gasteiger partial charge in [0.05, 0.1) is 0 Å². The lowest BCUT2D eigenvalue weighted by atomic mass is 10.0. The van der Waals surface area contributed by atoms with Crippen molar-refractivity contribution in [2.24, 2.45) is 11.8 Å². The number of aliphatic carboxylic acids is 1. The van der Waals surface area contributed by atoms with Gasteiger partial charge >= 0.3 is 5.97 Å². The predicted octanol–water partition coefficient (Wildman–Crippen LogP) is 0.827. The molecule has 0 heterocycles. The zero-order valence-electron chi connectivity index (χ0n) is 10.1. The maximum absolute atomic E-state index is 11.4. The molecule has 0 saturated carbocycles. The molecule has 0 aromatic heterocycles. The van der Waals surface area contributed by atoms with Crippen LogP contribution in [0.2, 0.25) is 0 Å². The molecule has 0 aromatic rings. The number of carbonyl (C=O) groups is 3. The van der Waals surface area contributed by atoms with Crippen LogP contribution < -0.4 is 5.32 Å². The molecule has 1 unspecified atom stereocenters. The predicted molar refractivity (Wildman–Crippen MR) is 58.9 cm³/mol. The maximum Gasteiger partial charge on any atom is 0.326 e. The number of rotatable bonds is 6. The molecule has 1 amide bonds. The van der Waals surface area contributed by atoms with Crippen molar-refractivity contribution in [2.75, 3.05) is 0 Å². The minimum absolute atomic E-state index is 0.161. The number of carbonyl (C=O) groups excluding carboxylic acids is 2. The molecule has 0 aliphatic heterocycles. The summed E-state index contributed by atoms with van der Waals surface area (Å²) < 4.78 is 0. The number of hydrogen-bond donors (Lipinski definition) is 2. The average molecular weight is 229 g/mol. The fourth-order valence-corrected chi connectivity index (χ4v) is 0.975. The number of carboxylic acids is 1. The maximum atomic E-state index is 11.4. The third-order valence-electron chi connectivity index (χ3n) is 2.19. The SMILES string of the molecule is CC(C)C(=O)CC(NC(=O)C(C)C)C(=O)O. The van der Waals surface area contributed by atoms with Gasteiger partial charge in [-0.3, -0.25) is 9.59 Å². The lowest BCUT2D eigenvalue weighted by molar-refractivity contribution is -0.144. The van der Waals surface area contributed by atoms with Gasteiger partial charge in [-0.25, -0.2) is 4.79 Å². The summed E-state index contributed by atoms with van der Waals surface area (Å²) in [4.78, 5) is 33.6. The van der Waals surface area contributed by atoms with Crippen LogP contribution in [-0.2, 0) is 14.4 Å². The molecule has 0 spiro atoms. The van der Waals surface area contributed by atoms with E-state index in [1.54, 1.807) is 27.7 Å². The Labute approximate surface area is 95.2 Å². The van der Waals surface area contributed by atoms with Crippen LogP contribution in [0.1, 0.15) is 34.1 Å². The zero-order valence-corrected chi connectivity index (χ0v) is 10.1. The van der Waals surface area contributed by atoms with Crippen LogP contribution in [0.5, 0.6) is 0 Å². The van der Waals surface area contributed by atoms with Crippen LogP contribution in [0.25, 0.3) is 0 Å². The van der Waals surface area contributed by atoms with Crippen molar-refractivity contribution in [1.29, 1.82) is 0 Å². The first-order valence-electron chi connectivity index (χ1n) is 5.31. The van der Waals surface area contributed by atoms with Gasteiger partial charge < -0.3 is 10.4 Å². The average Bonchev–Trinajstić information content (AvgIpc) is 2.15. The normalized spacial score (nSPS) is 12.6. The topological polar surface area (TPSA) is 83.5 Å². The van der Waals surface area contributed by atoms with Gasteiger partial charge in [0.15, 0.2) is 0 Å². The molecule has 5 heteroatoms. The van der Waals surface area contributed by atoms with Gasteiger partial charge in [0.25, 0.3) is 0 Å². The van der Waals surface area contributed by atoms with E-state index >= 15 is 0 Å². The minimum atomic E-state index is -1.18. The Bertz CT molecular complexity index is 262. The van der Waals surface area contributed by atoms with Gasteiger partial charge in [0, 0.05) is 18.3 Å². The van der Waals surface area contributed by atoms with E-state index in [9.17, 15) is 14.4 Å². The lowest BCUT2D eigenvalue weighted by Gasteiger charge is -2.16. The smallest absolute Gasteiger partial charge is 0.326 e. The molecule has 0 saturated heterocycles. The van der Waals surface area contributed by atoms with E-state index in [0.29, 0.717) is 0 Å². The summed E-state index contributed by atoms with van der Waals surface area (Å²) in [6.07, 6.45) is -0.161. The highest BCUT2D eigenvalue weighted by Crippen LogP contribution is 2.04. The van der Waals surface area contributed by atoms with Crippen molar-refractivity contribution >= 4 is 17.7 Å². The summed E-state index contributed by atoms with van der Waals surface area (Å²) in [5.41, 5.74) is 0. The third kappa shape index (κ3) is 4.91. The fourth-order valence-electron chi connectivity index (χ4n) is 0.975. The molecule has 0 aliphatic rings. The van der Waals surface area contributed by atoms with Crippen LogP contribution in [0.4, 0.5) is 0 Å². The van der Waals surface area contributed by atoms with E-state index in [0.717, 1.165) is 0 Å². The molecular formula is C11H19NO4. The van der Waals surface area contributed by atoms with Crippen LogP contribution >= 0.6 is 0 Å². The Morgan fingerprint density at radius 1 is 1.06 bits per heavy atom. The van der Waals surface area contributed by atoms with Crippen molar-refractivity contribution in [3.8, 4) is 0 Å². The second-order valence-corrected chi connectivity index (χ2v) is 4.38. The Hall–Kier alpha value is -1.39. The van der Waals surface area contributed by atoms with Crippen molar-refractivity contribution in [3.05, 3.63) is 0 Å². The van der Waals surface area contributed by atoms with Crippen LogP contribution in [-0.4, -0.2) is 28.8 Å². The molecule has 1 atom stereocenters. The fraction of sp³-hybridized carbons (Fsp3) is 0.727. The van der Waals surface area contributed by atoms with E-state index in [1.807, 2.05) is 0 Å². The molecule has 0 rings (SSSR count). The number of hydrogen-bond acceptors (Lipinski definition) is 3. The number of nitrogens with one attached hydrogen (secondary N) is 1. The van der Waals surface area contributed by atoms with Gasteiger partial charge in [-0.15, -0.1) is 0 Å². The highest BCUT2D eigenvalue weighted by atomic mass is 16.4. The molecular weight excluding hydrogens is 210 g/mol. The van der Waals surface area contributed by atoms with E-state index in [-0.39, 0.29) is 29.9 Å². The van der Waals surface area contributed by atoms with Gasteiger partial charge in [-0.2, -0.15) is 0 Å².